The van der Waals surface area contributed by atoms with Crippen molar-refractivity contribution in [1.82, 2.24) is 14.1 Å². The highest BCUT2D eigenvalue weighted by Crippen LogP contribution is 2.25. The first-order chi connectivity index (χ1) is 9.81. The number of aromatic nitrogens is 2. The minimum absolute atomic E-state index is 0.0150. The van der Waals surface area contributed by atoms with Gasteiger partial charge in [-0.1, -0.05) is 13.8 Å². The van der Waals surface area contributed by atoms with Crippen LogP contribution in [0.5, 0.6) is 0 Å². The van der Waals surface area contributed by atoms with Crippen molar-refractivity contribution in [3.8, 4) is 0 Å². The average Bonchev–Trinajstić information content (AvgIpc) is 2.72. The lowest BCUT2D eigenvalue weighted by Crippen LogP contribution is -2.36. The van der Waals surface area contributed by atoms with Gasteiger partial charge >= 0.3 is 0 Å². The number of hydrogen-bond acceptors (Lipinski definition) is 4. The van der Waals surface area contributed by atoms with Crippen LogP contribution >= 0.6 is 0 Å². The van der Waals surface area contributed by atoms with Crippen LogP contribution in [0.25, 0.3) is 0 Å². The van der Waals surface area contributed by atoms with Crippen LogP contribution in [0.3, 0.4) is 0 Å². The standard InChI is InChI=1S/C14H28N4O2S/c1-6-13(7-2)17(5)21(19,20)14-11(3)16-18(12(14)4)10-8-9-15/h13H,6-10,15H2,1-5H3. The number of aryl methyl sites for hydroxylation is 2. The zero-order chi connectivity index (χ0) is 16.2. The highest BCUT2D eigenvalue weighted by molar-refractivity contribution is 7.89. The zero-order valence-electron chi connectivity index (χ0n) is 13.8. The molecule has 0 fully saturated rings. The van der Waals surface area contributed by atoms with Gasteiger partial charge in [-0.3, -0.25) is 4.68 Å². The second-order valence-electron chi connectivity index (χ2n) is 5.36. The second kappa shape index (κ2) is 7.38. The van der Waals surface area contributed by atoms with Crippen molar-refractivity contribution in [3.05, 3.63) is 11.4 Å². The molecular weight excluding hydrogens is 288 g/mol. The molecule has 1 aromatic heterocycles. The number of hydrogen-bond donors (Lipinski definition) is 1. The molecule has 1 rings (SSSR count). The molecule has 0 aliphatic rings. The minimum Gasteiger partial charge on any atom is -0.330 e. The van der Waals surface area contributed by atoms with Gasteiger partial charge in [0.05, 0.1) is 11.4 Å². The van der Waals surface area contributed by atoms with Gasteiger partial charge in [-0.25, -0.2) is 8.42 Å². The first kappa shape index (κ1) is 18.1. The molecule has 0 amide bonds. The van der Waals surface area contributed by atoms with Crippen molar-refractivity contribution in [3.63, 3.8) is 0 Å². The third-order valence-corrected chi connectivity index (χ3v) is 6.15. The number of rotatable bonds is 8. The Bertz CT molecular complexity index is 562. The van der Waals surface area contributed by atoms with Crippen LogP contribution in [0.4, 0.5) is 0 Å². The summed E-state index contributed by atoms with van der Waals surface area (Å²) < 4.78 is 29.0. The molecule has 0 atom stereocenters. The Hall–Kier alpha value is -0.920. The number of sulfonamides is 1. The molecule has 2 N–H and O–H groups in total. The summed E-state index contributed by atoms with van der Waals surface area (Å²) in [6, 6.07) is 0.0150. The van der Waals surface area contributed by atoms with Crippen molar-refractivity contribution in [1.29, 1.82) is 0 Å². The largest absolute Gasteiger partial charge is 0.330 e. The molecule has 7 heteroatoms. The van der Waals surface area contributed by atoms with Crippen molar-refractivity contribution < 1.29 is 8.42 Å². The average molecular weight is 316 g/mol. The summed E-state index contributed by atoms with van der Waals surface area (Å²) in [6.07, 6.45) is 2.38. The zero-order valence-corrected chi connectivity index (χ0v) is 14.6. The van der Waals surface area contributed by atoms with E-state index in [1.165, 1.54) is 4.31 Å². The lowest BCUT2D eigenvalue weighted by atomic mass is 10.2. The van der Waals surface area contributed by atoms with E-state index in [0.29, 0.717) is 29.4 Å². The van der Waals surface area contributed by atoms with Crippen LogP contribution in [0.15, 0.2) is 4.90 Å². The molecule has 1 aromatic rings. The molecule has 6 nitrogen and oxygen atoms in total. The number of nitrogens with zero attached hydrogens (tertiary/aromatic N) is 3. The predicted octanol–water partition coefficient (Wildman–Crippen LogP) is 1.66. The van der Waals surface area contributed by atoms with Gasteiger partial charge in [-0.15, -0.1) is 0 Å². The van der Waals surface area contributed by atoms with E-state index in [-0.39, 0.29) is 6.04 Å². The Balaban J connectivity index is 3.22. The molecule has 0 unspecified atom stereocenters. The maximum absolute atomic E-state index is 12.9. The van der Waals surface area contributed by atoms with Crippen molar-refractivity contribution in [2.24, 2.45) is 5.73 Å². The molecule has 0 bridgehead atoms. The Labute approximate surface area is 128 Å². The summed E-state index contributed by atoms with van der Waals surface area (Å²) in [7, 11) is -1.85. The summed E-state index contributed by atoms with van der Waals surface area (Å²) in [4.78, 5) is 0.342. The summed E-state index contributed by atoms with van der Waals surface area (Å²) >= 11 is 0. The first-order valence-corrected chi connectivity index (χ1v) is 8.97. The second-order valence-corrected chi connectivity index (χ2v) is 7.29. The van der Waals surface area contributed by atoms with E-state index in [4.69, 9.17) is 5.73 Å². The molecule has 122 valence electrons. The normalized spacial score (nSPS) is 12.6. The van der Waals surface area contributed by atoms with Gasteiger partial charge in [-0.05, 0) is 39.7 Å². The van der Waals surface area contributed by atoms with Crippen molar-refractivity contribution in [2.45, 2.75) is 64.4 Å². The molecule has 0 saturated heterocycles. The van der Waals surface area contributed by atoms with Gasteiger partial charge in [0.25, 0.3) is 0 Å². The van der Waals surface area contributed by atoms with E-state index >= 15 is 0 Å². The maximum atomic E-state index is 12.9. The van der Waals surface area contributed by atoms with E-state index in [1.54, 1.807) is 18.7 Å². The fraction of sp³-hybridized carbons (Fsp3) is 0.786. The van der Waals surface area contributed by atoms with Crippen molar-refractivity contribution >= 4 is 10.0 Å². The Morgan fingerprint density at radius 3 is 2.33 bits per heavy atom. The fourth-order valence-corrected chi connectivity index (χ4v) is 4.53. The third-order valence-electron chi connectivity index (χ3n) is 3.98. The van der Waals surface area contributed by atoms with Crippen LogP contribution in [0, 0.1) is 13.8 Å². The van der Waals surface area contributed by atoms with E-state index in [1.807, 2.05) is 20.8 Å². The van der Waals surface area contributed by atoms with Gasteiger partial charge in [0, 0.05) is 19.6 Å². The van der Waals surface area contributed by atoms with E-state index in [9.17, 15) is 8.42 Å². The van der Waals surface area contributed by atoms with Crippen LogP contribution in [-0.4, -0.2) is 42.1 Å². The van der Waals surface area contributed by atoms with Gasteiger partial charge in [-0.2, -0.15) is 9.40 Å². The van der Waals surface area contributed by atoms with Gasteiger partial charge in [0.15, 0.2) is 0 Å². The molecule has 0 radical (unpaired) electrons. The van der Waals surface area contributed by atoms with Gasteiger partial charge < -0.3 is 5.73 Å². The highest BCUT2D eigenvalue weighted by atomic mass is 32.2. The summed E-state index contributed by atoms with van der Waals surface area (Å²) in [5.41, 5.74) is 6.76. The van der Waals surface area contributed by atoms with Crippen LogP contribution in [-0.2, 0) is 16.6 Å². The Morgan fingerprint density at radius 1 is 1.29 bits per heavy atom. The molecule has 0 aliphatic carbocycles. The summed E-state index contributed by atoms with van der Waals surface area (Å²) in [5.74, 6) is 0. The fourth-order valence-electron chi connectivity index (χ4n) is 2.66. The molecule has 0 aromatic carbocycles. The predicted molar refractivity (Wildman–Crippen MR) is 84.7 cm³/mol. The maximum Gasteiger partial charge on any atom is 0.246 e. The highest BCUT2D eigenvalue weighted by Gasteiger charge is 2.31. The van der Waals surface area contributed by atoms with Crippen molar-refractivity contribution in [2.75, 3.05) is 13.6 Å². The molecule has 0 saturated carbocycles. The summed E-state index contributed by atoms with van der Waals surface area (Å²) in [6.45, 7) is 8.78. The molecule has 0 spiro atoms. The smallest absolute Gasteiger partial charge is 0.246 e. The lowest BCUT2D eigenvalue weighted by Gasteiger charge is -2.25. The Kier molecular flexibility index (Phi) is 6.37. The van der Waals surface area contributed by atoms with E-state index in [2.05, 4.69) is 5.10 Å². The quantitative estimate of drug-likeness (QED) is 0.791. The third kappa shape index (κ3) is 3.64. The lowest BCUT2D eigenvalue weighted by molar-refractivity contribution is 0.349. The molecule has 0 aliphatic heterocycles. The SMILES string of the molecule is CCC(CC)N(C)S(=O)(=O)c1c(C)nn(CCCN)c1C. The van der Waals surface area contributed by atoms with E-state index in [0.717, 1.165) is 19.3 Å². The van der Waals surface area contributed by atoms with E-state index < -0.39 is 10.0 Å². The van der Waals surface area contributed by atoms with Crippen LogP contribution in [0.2, 0.25) is 0 Å². The summed E-state index contributed by atoms with van der Waals surface area (Å²) in [5, 5.41) is 4.36. The topological polar surface area (TPSA) is 81.2 Å². The Morgan fingerprint density at radius 2 is 1.86 bits per heavy atom. The molecular formula is C14H28N4O2S. The van der Waals surface area contributed by atoms with Crippen LogP contribution < -0.4 is 5.73 Å². The number of nitrogens with two attached hydrogens (primary N) is 1. The minimum atomic E-state index is -3.51. The van der Waals surface area contributed by atoms with Gasteiger partial charge in [0.2, 0.25) is 10.0 Å². The van der Waals surface area contributed by atoms with Gasteiger partial charge in [0.1, 0.15) is 4.90 Å². The van der Waals surface area contributed by atoms with Crippen LogP contribution in [0.1, 0.15) is 44.5 Å². The monoisotopic (exact) mass is 316 g/mol. The first-order valence-electron chi connectivity index (χ1n) is 7.53. The molecule has 1 heterocycles. The molecule has 21 heavy (non-hydrogen) atoms.